The van der Waals surface area contributed by atoms with Crippen LogP contribution in [-0.2, 0) is 23.8 Å². The monoisotopic (exact) mass is 657 g/mol. The van der Waals surface area contributed by atoms with Crippen LogP contribution in [0.3, 0.4) is 0 Å². The summed E-state index contributed by atoms with van der Waals surface area (Å²) in [5.41, 5.74) is -1.54. The molecular formula is C28H34F7N3O5S. The van der Waals surface area contributed by atoms with Crippen molar-refractivity contribution in [3.05, 3.63) is 41.1 Å². The largest absolute Gasteiger partial charge is 0.488 e. The summed E-state index contributed by atoms with van der Waals surface area (Å²) in [5, 5.41) is 9.45. The van der Waals surface area contributed by atoms with Gasteiger partial charge in [-0.2, -0.15) is 13.2 Å². The van der Waals surface area contributed by atoms with E-state index in [0.717, 1.165) is 19.1 Å². The van der Waals surface area contributed by atoms with E-state index in [1.807, 2.05) is 0 Å². The van der Waals surface area contributed by atoms with Crippen molar-refractivity contribution in [1.29, 1.82) is 0 Å². The number of hydrogen-bond donors (Lipinski definition) is 1. The zero-order valence-electron chi connectivity index (χ0n) is 24.5. The van der Waals surface area contributed by atoms with E-state index in [9.17, 15) is 44.8 Å². The molecular weight excluding hydrogens is 623 g/mol. The molecule has 16 heteroatoms. The Hall–Kier alpha value is -3.14. The van der Waals surface area contributed by atoms with E-state index in [1.165, 1.54) is 30.5 Å². The van der Waals surface area contributed by atoms with Crippen molar-refractivity contribution in [2.24, 2.45) is 0 Å². The molecule has 0 radical (unpaired) electrons. The number of halogens is 7. The lowest BCUT2D eigenvalue weighted by atomic mass is 9.90. The number of alkyl halides is 7. The molecule has 1 unspecified atom stereocenters. The standard InChI is InChI=1S/C24H26F5N3O5S.C4H8F2/c1-31-9-10-32(15-5-7-23(25,26)8-6-15)17-11-16(24(27,28)29)18(12-19(17)38(31)35)37-13-14-3-4-20(36-2)30-21(14)22(33)34;1-3-4(2,5)6/h3-4,11-12,15H,5-10,13H2,1-2H3,(H,33,34);3H2,1-2H3. The van der Waals surface area contributed by atoms with E-state index >= 15 is 0 Å². The number of nitrogens with zero attached hydrogens (tertiary/aromatic N) is 3. The highest BCUT2D eigenvalue weighted by Crippen LogP contribution is 2.45. The normalized spacial score (nSPS) is 19.3. The number of ether oxygens (including phenoxy) is 2. The van der Waals surface area contributed by atoms with Gasteiger partial charge < -0.3 is 19.5 Å². The highest BCUT2D eigenvalue weighted by atomic mass is 32.2. The molecule has 1 saturated carbocycles. The second kappa shape index (κ2) is 13.9. The number of hydrogen-bond acceptors (Lipinski definition) is 6. The lowest BCUT2D eigenvalue weighted by Crippen LogP contribution is -2.43. The van der Waals surface area contributed by atoms with Gasteiger partial charge in [0.15, 0.2) is 5.69 Å². The Morgan fingerprint density at radius 1 is 1.14 bits per heavy atom. The van der Waals surface area contributed by atoms with Gasteiger partial charge >= 0.3 is 12.1 Å². The van der Waals surface area contributed by atoms with E-state index in [2.05, 4.69) is 4.98 Å². The molecule has 1 aliphatic carbocycles. The number of pyridine rings is 1. The molecule has 2 aromatic rings. The average molecular weight is 658 g/mol. The molecule has 0 bridgehead atoms. The predicted molar refractivity (Wildman–Crippen MR) is 148 cm³/mol. The number of benzene rings is 1. The van der Waals surface area contributed by atoms with Crippen LogP contribution in [0, 0.1) is 0 Å². The molecule has 4 rings (SSSR count). The minimum absolute atomic E-state index is 0.00404. The number of aromatic carboxylic acids is 1. The minimum Gasteiger partial charge on any atom is -0.488 e. The Balaban J connectivity index is 0.000000801. The quantitative estimate of drug-likeness (QED) is 0.328. The van der Waals surface area contributed by atoms with Crippen molar-refractivity contribution in [1.82, 2.24) is 9.29 Å². The topological polar surface area (TPSA) is 92.2 Å². The van der Waals surface area contributed by atoms with Crippen LogP contribution in [0.15, 0.2) is 29.2 Å². The SMILES string of the molecule is CCC(C)(F)F.COc1ccc(COc2cc3c(cc2C(F)(F)F)N(C2CCC(F)(F)CC2)CCN(C)S3=O)c(C(=O)O)n1. The lowest BCUT2D eigenvalue weighted by Gasteiger charge is -2.38. The molecule has 1 aromatic heterocycles. The lowest BCUT2D eigenvalue weighted by molar-refractivity contribution is -0.139. The van der Waals surface area contributed by atoms with Gasteiger partial charge in [-0.05, 0) is 31.9 Å². The van der Waals surface area contributed by atoms with Gasteiger partial charge in [-0.3, -0.25) is 0 Å². The van der Waals surface area contributed by atoms with Crippen molar-refractivity contribution in [3.63, 3.8) is 0 Å². The molecule has 1 aromatic carbocycles. The number of carbonyl (C=O) groups is 1. The van der Waals surface area contributed by atoms with Crippen molar-refractivity contribution in [3.8, 4) is 11.6 Å². The Morgan fingerprint density at radius 2 is 1.75 bits per heavy atom. The van der Waals surface area contributed by atoms with Crippen LogP contribution in [0.25, 0.3) is 0 Å². The van der Waals surface area contributed by atoms with Gasteiger partial charge in [0.05, 0.1) is 23.3 Å². The van der Waals surface area contributed by atoms with E-state index in [4.69, 9.17) is 9.47 Å². The van der Waals surface area contributed by atoms with E-state index < -0.39 is 64.6 Å². The van der Waals surface area contributed by atoms with Crippen molar-refractivity contribution < 1.29 is 54.3 Å². The van der Waals surface area contributed by atoms with E-state index in [1.54, 1.807) is 11.9 Å². The summed E-state index contributed by atoms with van der Waals surface area (Å²) >= 11 is 0. The zero-order chi connectivity index (χ0) is 33.0. The number of methoxy groups -OCH3 is 1. The highest BCUT2D eigenvalue weighted by molar-refractivity contribution is 7.82. The molecule has 1 aliphatic heterocycles. The van der Waals surface area contributed by atoms with Gasteiger partial charge in [-0.25, -0.2) is 35.9 Å². The van der Waals surface area contributed by atoms with Gasteiger partial charge in [0.2, 0.25) is 17.7 Å². The fourth-order valence-corrected chi connectivity index (χ4v) is 5.78. The Bertz CT molecular complexity index is 1340. The molecule has 0 spiro atoms. The first-order chi connectivity index (χ1) is 20.4. The van der Waals surface area contributed by atoms with Crippen LogP contribution in [0.5, 0.6) is 11.6 Å². The first kappa shape index (κ1) is 35.3. The summed E-state index contributed by atoms with van der Waals surface area (Å²) in [4.78, 5) is 17.1. The van der Waals surface area contributed by atoms with Gasteiger partial charge in [-0.15, -0.1) is 0 Å². The van der Waals surface area contributed by atoms with Gasteiger partial charge in [0, 0.05) is 63.1 Å². The van der Waals surface area contributed by atoms with Gasteiger partial charge in [-0.1, -0.05) is 6.92 Å². The molecule has 0 saturated heterocycles. The molecule has 246 valence electrons. The predicted octanol–water partition coefficient (Wildman–Crippen LogP) is 6.79. The third-order valence-corrected chi connectivity index (χ3v) is 8.75. The summed E-state index contributed by atoms with van der Waals surface area (Å²) in [6.45, 7) is 2.26. The molecule has 0 amide bonds. The number of carboxylic acids is 1. The summed E-state index contributed by atoms with van der Waals surface area (Å²) in [5.74, 6) is -7.32. The number of aromatic nitrogens is 1. The van der Waals surface area contributed by atoms with E-state index in [0.29, 0.717) is 0 Å². The fraction of sp³-hybridized carbons (Fsp3) is 0.571. The summed E-state index contributed by atoms with van der Waals surface area (Å²) in [6.07, 6.45) is -5.51. The Morgan fingerprint density at radius 3 is 2.27 bits per heavy atom. The van der Waals surface area contributed by atoms with Gasteiger partial charge in [0.1, 0.15) is 23.3 Å². The van der Waals surface area contributed by atoms with Crippen molar-refractivity contribution in [2.75, 3.05) is 32.1 Å². The molecule has 8 nitrogen and oxygen atoms in total. The summed E-state index contributed by atoms with van der Waals surface area (Å²) in [6, 6.07) is 4.12. The number of carboxylic acid groups (broad SMARTS) is 1. The van der Waals surface area contributed by atoms with Gasteiger partial charge in [0.25, 0.3) is 0 Å². The maximum absolute atomic E-state index is 14.2. The van der Waals surface area contributed by atoms with Crippen LogP contribution < -0.4 is 14.4 Å². The van der Waals surface area contributed by atoms with Crippen LogP contribution in [-0.4, -0.2) is 69.7 Å². The average Bonchev–Trinajstić information content (AvgIpc) is 3.06. The Kier molecular flexibility index (Phi) is 11.1. The smallest absolute Gasteiger partial charge is 0.420 e. The van der Waals surface area contributed by atoms with Crippen LogP contribution in [0.4, 0.5) is 36.4 Å². The number of likely N-dealkylation sites (N-methyl/N-ethyl adjacent to an activating group) is 1. The third kappa shape index (κ3) is 8.96. The molecule has 1 N–H and O–H groups in total. The number of anilines is 1. The van der Waals surface area contributed by atoms with E-state index in [-0.39, 0.29) is 67.2 Å². The maximum Gasteiger partial charge on any atom is 0.420 e. The van der Waals surface area contributed by atoms with Crippen LogP contribution >= 0.6 is 0 Å². The maximum atomic E-state index is 14.2. The zero-order valence-corrected chi connectivity index (χ0v) is 25.3. The molecule has 44 heavy (non-hydrogen) atoms. The highest BCUT2D eigenvalue weighted by Gasteiger charge is 2.41. The first-order valence-electron chi connectivity index (χ1n) is 13.7. The summed E-state index contributed by atoms with van der Waals surface area (Å²) < 4.78 is 118. The number of fused-ring (bicyclic) bond motifs is 1. The summed E-state index contributed by atoms with van der Waals surface area (Å²) in [7, 11) is 0.987. The third-order valence-electron chi connectivity index (χ3n) is 7.30. The molecule has 1 fully saturated rings. The minimum atomic E-state index is -4.87. The Labute approximate surface area is 252 Å². The van der Waals surface area contributed by atoms with Crippen LogP contribution in [0.1, 0.15) is 67.6 Å². The number of rotatable bonds is 7. The fourth-order valence-electron chi connectivity index (χ4n) is 4.63. The molecule has 2 heterocycles. The van der Waals surface area contributed by atoms with Crippen molar-refractivity contribution in [2.45, 2.75) is 81.5 Å². The molecule has 2 aliphatic rings. The first-order valence-corrected chi connectivity index (χ1v) is 14.8. The van der Waals surface area contributed by atoms with Crippen LogP contribution in [0.2, 0.25) is 0 Å². The molecule has 1 atom stereocenters. The van der Waals surface area contributed by atoms with Crippen molar-refractivity contribution >= 4 is 22.6 Å². The second-order valence-corrected chi connectivity index (χ2v) is 12.1. The second-order valence-electron chi connectivity index (χ2n) is 10.6.